The summed E-state index contributed by atoms with van der Waals surface area (Å²) in [6, 6.07) is 4.34. The molecule has 1 fully saturated rings. The highest BCUT2D eigenvalue weighted by Crippen LogP contribution is 2.30. The number of nitro benzene ring substituents is 1. The van der Waals surface area contributed by atoms with Crippen LogP contribution in [0.4, 0.5) is 5.69 Å². The van der Waals surface area contributed by atoms with E-state index >= 15 is 0 Å². The Hall–Kier alpha value is -1.43. The zero-order valence-electron chi connectivity index (χ0n) is 10.3. The van der Waals surface area contributed by atoms with Crippen LogP contribution in [-0.4, -0.2) is 17.5 Å². The molecular weight excluding hydrogens is 314 g/mol. The molecule has 0 bridgehead atoms. The Labute approximate surface area is 119 Å². The van der Waals surface area contributed by atoms with Gasteiger partial charge < -0.3 is 4.74 Å². The molecular formula is C13H14BrNO4. The van der Waals surface area contributed by atoms with Gasteiger partial charge in [0.15, 0.2) is 0 Å². The van der Waals surface area contributed by atoms with Crippen LogP contribution in [0.3, 0.4) is 0 Å². The molecule has 6 heteroatoms. The van der Waals surface area contributed by atoms with Gasteiger partial charge >= 0.3 is 5.97 Å². The van der Waals surface area contributed by atoms with Crippen LogP contribution >= 0.6 is 15.9 Å². The van der Waals surface area contributed by atoms with Crippen molar-refractivity contribution in [1.82, 2.24) is 0 Å². The Morgan fingerprint density at radius 1 is 1.47 bits per heavy atom. The van der Waals surface area contributed by atoms with Gasteiger partial charge in [0, 0.05) is 6.07 Å². The Morgan fingerprint density at radius 2 is 2.21 bits per heavy atom. The number of hydrogen-bond acceptors (Lipinski definition) is 4. The third-order valence-electron chi connectivity index (χ3n) is 3.38. The third kappa shape index (κ3) is 3.32. The fraction of sp³-hybridized carbons (Fsp3) is 0.462. The van der Waals surface area contributed by atoms with Crippen LogP contribution in [0.25, 0.3) is 0 Å². The number of nitrogens with zero attached hydrogens (tertiary/aromatic N) is 1. The second-order valence-corrected chi connectivity index (χ2v) is 5.41. The first-order valence-corrected chi connectivity index (χ1v) is 6.99. The number of carbonyl (C=O) groups is 1. The first kappa shape index (κ1) is 14.0. The molecule has 0 heterocycles. The van der Waals surface area contributed by atoms with E-state index in [0.29, 0.717) is 12.5 Å². The number of rotatable bonds is 5. The Balaban J connectivity index is 1.97. The highest BCUT2D eigenvalue weighted by molar-refractivity contribution is 9.10. The van der Waals surface area contributed by atoms with E-state index < -0.39 is 10.9 Å². The van der Waals surface area contributed by atoms with Crippen LogP contribution < -0.4 is 0 Å². The summed E-state index contributed by atoms with van der Waals surface area (Å²) in [5, 5.41) is 10.8. The molecule has 0 unspecified atom stereocenters. The quantitative estimate of drug-likeness (QED) is 0.469. The molecule has 0 spiro atoms. The summed E-state index contributed by atoms with van der Waals surface area (Å²) < 4.78 is 5.33. The zero-order valence-corrected chi connectivity index (χ0v) is 11.9. The summed E-state index contributed by atoms with van der Waals surface area (Å²) in [6.07, 6.45) is 4.55. The Morgan fingerprint density at radius 3 is 2.79 bits per heavy atom. The van der Waals surface area contributed by atoms with Crippen molar-refractivity contribution in [3.05, 3.63) is 38.3 Å². The average Bonchev–Trinajstić information content (AvgIpc) is 2.32. The molecule has 1 aliphatic rings. The van der Waals surface area contributed by atoms with E-state index in [-0.39, 0.29) is 15.7 Å². The van der Waals surface area contributed by atoms with Crippen LogP contribution in [0.1, 0.15) is 36.0 Å². The van der Waals surface area contributed by atoms with Crippen LogP contribution in [0.5, 0.6) is 0 Å². The van der Waals surface area contributed by atoms with E-state index in [1.54, 1.807) is 0 Å². The minimum absolute atomic E-state index is 0.131. The molecule has 5 nitrogen and oxygen atoms in total. The van der Waals surface area contributed by atoms with Gasteiger partial charge in [-0.3, -0.25) is 10.1 Å². The lowest BCUT2D eigenvalue weighted by molar-refractivity contribution is -0.385. The van der Waals surface area contributed by atoms with Crippen molar-refractivity contribution in [3.8, 4) is 0 Å². The molecule has 19 heavy (non-hydrogen) atoms. The largest absolute Gasteiger partial charge is 0.462 e. The van der Waals surface area contributed by atoms with Crippen LogP contribution in [0, 0.1) is 16.0 Å². The lowest BCUT2D eigenvalue weighted by Gasteiger charge is -2.24. The van der Waals surface area contributed by atoms with Crippen LogP contribution in [0.2, 0.25) is 0 Å². The van der Waals surface area contributed by atoms with Crippen LogP contribution in [0.15, 0.2) is 22.7 Å². The number of carbonyl (C=O) groups excluding carboxylic acids is 1. The summed E-state index contributed by atoms with van der Waals surface area (Å²) >= 11 is 3.09. The SMILES string of the molecule is O=C(OCCC1CCC1)c1cccc([N+](=O)[O-])c1Br. The molecule has 0 N–H and O–H groups in total. The van der Waals surface area contributed by atoms with Gasteiger partial charge in [-0.2, -0.15) is 0 Å². The maximum Gasteiger partial charge on any atom is 0.339 e. The van der Waals surface area contributed by atoms with Gasteiger partial charge in [0.05, 0.1) is 17.1 Å². The maximum absolute atomic E-state index is 11.9. The minimum Gasteiger partial charge on any atom is -0.462 e. The van der Waals surface area contributed by atoms with Crippen molar-refractivity contribution >= 4 is 27.6 Å². The summed E-state index contributed by atoms with van der Waals surface area (Å²) in [4.78, 5) is 22.1. The van der Waals surface area contributed by atoms with Gasteiger partial charge in [-0.25, -0.2) is 4.79 Å². The van der Waals surface area contributed by atoms with Crippen LogP contribution in [-0.2, 0) is 4.74 Å². The molecule has 0 atom stereocenters. The smallest absolute Gasteiger partial charge is 0.339 e. The predicted molar refractivity (Wildman–Crippen MR) is 73.0 cm³/mol. The highest BCUT2D eigenvalue weighted by Gasteiger charge is 2.21. The van der Waals surface area contributed by atoms with Gasteiger partial charge in [0.25, 0.3) is 5.69 Å². The molecule has 0 amide bonds. The van der Waals surface area contributed by atoms with E-state index in [1.165, 1.54) is 37.5 Å². The lowest BCUT2D eigenvalue weighted by atomic mass is 9.83. The van der Waals surface area contributed by atoms with E-state index in [2.05, 4.69) is 15.9 Å². The van der Waals surface area contributed by atoms with Crippen molar-refractivity contribution in [2.24, 2.45) is 5.92 Å². The van der Waals surface area contributed by atoms with E-state index in [1.807, 2.05) is 0 Å². The molecule has 0 saturated heterocycles. The number of hydrogen-bond donors (Lipinski definition) is 0. The molecule has 2 rings (SSSR count). The Bertz CT molecular complexity index is 499. The molecule has 0 radical (unpaired) electrons. The predicted octanol–water partition coefficient (Wildman–Crippen LogP) is 3.70. The van der Waals surface area contributed by atoms with Crippen molar-refractivity contribution in [1.29, 1.82) is 0 Å². The number of benzene rings is 1. The Kier molecular flexibility index (Phi) is 4.52. The van der Waals surface area contributed by atoms with Crippen molar-refractivity contribution < 1.29 is 14.5 Å². The molecule has 1 aromatic carbocycles. The summed E-state index contributed by atoms with van der Waals surface area (Å²) in [5.74, 6) is 0.149. The molecule has 1 saturated carbocycles. The van der Waals surface area contributed by atoms with Gasteiger partial charge in [-0.1, -0.05) is 25.3 Å². The maximum atomic E-state index is 11.9. The second-order valence-electron chi connectivity index (χ2n) is 4.62. The lowest BCUT2D eigenvalue weighted by Crippen LogP contribution is -2.15. The standard InChI is InChI=1S/C13H14BrNO4/c14-12-10(5-2-6-11(12)15(17)18)13(16)19-8-7-9-3-1-4-9/h2,5-6,9H,1,3-4,7-8H2. The average molecular weight is 328 g/mol. The number of halogens is 1. The topological polar surface area (TPSA) is 69.4 Å². The van der Waals surface area contributed by atoms with Gasteiger partial charge in [-0.15, -0.1) is 0 Å². The first-order valence-electron chi connectivity index (χ1n) is 6.19. The van der Waals surface area contributed by atoms with Crippen molar-refractivity contribution in [2.45, 2.75) is 25.7 Å². The molecule has 102 valence electrons. The molecule has 0 aromatic heterocycles. The highest BCUT2D eigenvalue weighted by atomic mass is 79.9. The van der Waals surface area contributed by atoms with Gasteiger partial charge in [0.1, 0.15) is 4.47 Å². The minimum atomic E-state index is -0.533. The molecule has 0 aliphatic heterocycles. The fourth-order valence-corrected chi connectivity index (χ4v) is 2.57. The van der Waals surface area contributed by atoms with E-state index in [0.717, 1.165) is 6.42 Å². The van der Waals surface area contributed by atoms with Gasteiger partial charge in [-0.05, 0) is 34.3 Å². The van der Waals surface area contributed by atoms with E-state index in [4.69, 9.17) is 4.74 Å². The second kappa shape index (κ2) is 6.14. The molecule has 1 aromatic rings. The third-order valence-corrected chi connectivity index (χ3v) is 4.21. The molecule has 1 aliphatic carbocycles. The van der Waals surface area contributed by atoms with Crippen molar-refractivity contribution in [3.63, 3.8) is 0 Å². The normalized spacial score (nSPS) is 14.8. The van der Waals surface area contributed by atoms with Crippen molar-refractivity contribution in [2.75, 3.05) is 6.61 Å². The summed E-state index contributed by atoms with van der Waals surface area (Å²) in [7, 11) is 0. The first-order chi connectivity index (χ1) is 9.09. The fourth-order valence-electron chi connectivity index (χ4n) is 2.00. The summed E-state index contributed by atoms with van der Waals surface area (Å²) in [6.45, 7) is 0.374. The van der Waals surface area contributed by atoms with Gasteiger partial charge in [0.2, 0.25) is 0 Å². The zero-order chi connectivity index (χ0) is 13.8. The summed E-state index contributed by atoms with van der Waals surface area (Å²) in [5.41, 5.74) is 0.0660. The number of esters is 1. The monoisotopic (exact) mass is 327 g/mol. The number of ether oxygens (including phenoxy) is 1. The van der Waals surface area contributed by atoms with E-state index in [9.17, 15) is 14.9 Å². The number of nitro groups is 1.